The summed E-state index contributed by atoms with van der Waals surface area (Å²) >= 11 is 4.15. The molecule has 0 spiro atoms. The monoisotopic (exact) mass is 207 g/mol. The number of aryl methyl sites for hydroxylation is 1. The number of rotatable bonds is 2. The van der Waals surface area contributed by atoms with Crippen molar-refractivity contribution in [3.05, 3.63) is 28.8 Å². The minimum atomic E-state index is -0.895. The van der Waals surface area contributed by atoms with Crippen molar-refractivity contribution in [2.75, 3.05) is 0 Å². The normalized spacial score (nSPS) is 9.50. The van der Waals surface area contributed by atoms with Gasteiger partial charge in [-0.3, -0.25) is 4.79 Å². The van der Waals surface area contributed by atoms with Gasteiger partial charge in [-0.1, -0.05) is 0 Å². The Morgan fingerprint density at radius 3 is 2.71 bits per heavy atom. The molecule has 1 aromatic carbocycles. The average Bonchev–Trinajstić information content (AvgIpc) is 2.10. The summed E-state index contributed by atoms with van der Waals surface area (Å²) in [6.45, 7) is 1.78. The highest BCUT2D eigenvalue weighted by Gasteiger charge is 2.09. The topological polar surface area (TPSA) is 61.1 Å². The number of hydrogen-bond donors (Lipinski definition) is 2. The zero-order valence-electron chi connectivity index (χ0n) is 7.61. The maximum absolute atomic E-state index is 10.5. The summed E-state index contributed by atoms with van der Waals surface area (Å²) in [4.78, 5) is 11.1. The van der Waals surface area contributed by atoms with E-state index >= 15 is 0 Å². The first-order valence-electron chi connectivity index (χ1n) is 3.99. The second kappa shape index (κ2) is 4.16. The van der Waals surface area contributed by atoms with Gasteiger partial charge in [-0.15, -0.1) is 12.6 Å². The lowest BCUT2D eigenvalue weighted by atomic mass is 10.0. The van der Waals surface area contributed by atoms with Gasteiger partial charge in [-0.2, -0.15) is 5.26 Å². The first-order valence-corrected chi connectivity index (χ1v) is 4.43. The fraction of sp³-hybridized carbons (Fsp3) is 0.200. The third kappa shape index (κ3) is 2.27. The van der Waals surface area contributed by atoms with Crippen molar-refractivity contribution in [1.29, 1.82) is 5.26 Å². The molecule has 0 saturated carbocycles. The molecule has 0 bridgehead atoms. The minimum Gasteiger partial charge on any atom is -0.481 e. The molecule has 0 fully saturated rings. The van der Waals surface area contributed by atoms with E-state index in [4.69, 9.17) is 10.4 Å². The van der Waals surface area contributed by atoms with Gasteiger partial charge < -0.3 is 5.11 Å². The third-order valence-electron chi connectivity index (χ3n) is 1.91. The van der Waals surface area contributed by atoms with Gasteiger partial charge in [-0.25, -0.2) is 0 Å². The molecule has 0 aliphatic carbocycles. The molecule has 4 heteroatoms. The standard InChI is InChI=1S/C10H9NO2S/c1-6-2-7(5-11)3-9(14)8(6)4-10(12)13/h2-3,14H,4H2,1H3,(H,12,13). The Kier molecular flexibility index (Phi) is 3.15. The summed E-state index contributed by atoms with van der Waals surface area (Å²) in [6, 6.07) is 5.24. The molecule has 0 saturated heterocycles. The highest BCUT2D eigenvalue weighted by atomic mass is 32.1. The Bertz CT molecular complexity index is 398. The Morgan fingerprint density at radius 1 is 1.64 bits per heavy atom. The number of aliphatic carboxylic acids is 1. The molecule has 0 unspecified atom stereocenters. The quantitative estimate of drug-likeness (QED) is 0.727. The van der Waals surface area contributed by atoms with Crippen LogP contribution in [0.5, 0.6) is 0 Å². The molecule has 0 radical (unpaired) electrons. The second-order valence-corrected chi connectivity index (χ2v) is 3.45. The SMILES string of the molecule is Cc1cc(C#N)cc(S)c1CC(=O)O. The number of carbonyl (C=O) groups is 1. The average molecular weight is 207 g/mol. The van der Waals surface area contributed by atoms with E-state index in [1.807, 2.05) is 6.07 Å². The molecule has 1 N–H and O–H groups in total. The van der Waals surface area contributed by atoms with Crippen LogP contribution < -0.4 is 0 Å². The zero-order valence-corrected chi connectivity index (χ0v) is 8.51. The van der Waals surface area contributed by atoms with Crippen LogP contribution in [-0.4, -0.2) is 11.1 Å². The van der Waals surface area contributed by atoms with E-state index in [1.165, 1.54) is 0 Å². The van der Waals surface area contributed by atoms with Crippen LogP contribution in [0.3, 0.4) is 0 Å². The Balaban J connectivity index is 3.19. The highest BCUT2D eigenvalue weighted by Crippen LogP contribution is 2.20. The van der Waals surface area contributed by atoms with Gasteiger partial charge in [0.25, 0.3) is 0 Å². The molecule has 14 heavy (non-hydrogen) atoms. The molecule has 0 heterocycles. The van der Waals surface area contributed by atoms with E-state index in [1.54, 1.807) is 19.1 Å². The van der Waals surface area contributed by atoms with E-state index in [-0.39, 0.29) is 6.42 Å². The Hall–Kier alpha value is -1.47. The van der Waals surface area contributed by atoms with Crippen molar-refractivity contribution in [3.8, 4) is 6.07 Å². The van der Waals surface area contributed by atoms with Crippen LogP contribution in [0.4, 0.5) is 0 Å². The van der Waals surface area contributed by atoms with E-state index in [0.29, 0.717) is 16.0 Å². The number of carboxylic acids is 1. The van der Waals surface area contributed by atoms with Crippen LogP contribution in [0, 0.1) is 18.3 Å². The third-order valence-corrected chi connectivity index (χ3v) is 2.31. The van der Waals surface area contributed by atoms with Gasteiger partial charge in [0.15, 0.2) is 0 Å². The largest absolute Gasteiger partial charge is 0.481 e. The number of nitrogens with zero attached hydrogens (tertiary/aromatic N) is 1. The molecule has 1 rings (SSSR count). The van der Waals surface area contributed by atoms with Crippen molar-refractivity contribution in [3.63, 3.8) is 0 Å². The first-order chi connectivity index (χ1) is 6.54. The Labute approximate surface area is 87.4 Å². The molecule has 0 aliphatic heterocycles. The van der Waals surface area contributed by atoms with E-state index in [9.17, 15) is 4.79 Å². The predicted octanol–water partition coefficient (Wildman–Crippen LogP) is 1.78. The molecule has 1 aromatic rings. The lowest BCUT2D eigenvalue weighted by Crippen LogP contribution is -2.03. The maximum Gasteiger partial charge on any atom is 0.307 e. The molecular formula is C10H9NO2S. The van der Waals surface area contributed by atoms with E-state index in [2.05, 4.69) is 12.6 Å². The summed E-state index contributed by atoms with van der Waals surface area (Å²) in [7, 11) is 0. The number of hydrogen-bond acceptors (Lipinski definition) is 3. The molecule has 3 nitrogen and oxygen atoms in total. The van der Waals surface area contributed by atoms with Crippen molar-refractivity contribution in [2.24, 2.45) is 0 Å². The van der Waals surface area contributed by atoms with Crippen molar-refractivity contribution < 1.29 is 9.90 Å². The van der Waals surface area contributed by atoms with Crippen LogP contribution in [0.15, 0.2) is 17.0 Å². The molecule has 72 valence electrons. The smallest absolute Gasteiger partial charge is 0.307 e. The number of carboxylic acid groups (broad SMARTS) is 1. The van der Waals surface area contributed by atoms with Crippen LogP contribution in [0.1, 0.15) is 16.7 Å². The summed E-state index contributed by atoms with van der Waals surface area (Å²) in [6.07, 6.45) is -0.0592. The van der Waals surface area contributed by atoms with Gasteiger partial charge in [-0.05, 0) is 30.2 Å². The summed E-state index contributed by atoms with van der Waals surface area (Å²) < 4.78 is 0. The number of nitriles is 1. The fourth-order valence-corrected chi connectivity index (χ4v) is 1.64. The fourth-order valence-electron chi connectivity index (χ4n) is 1.24. The molecule has 0 atom stereocenters. The van der Waals surface area contributed by atoms with Crippen molar-refractivity contribution in [1.82, 2.24) is 0 Å². The van der Waals surface area contributed by atoms with E-state index < -0.39 is 5.97 Å². The summed E-state index contributed by atoms with van der Waals surface area (Å²) in [5, 5.41) is 17.3. The summed E-state index contributed by atoms with van der Waals surface area (Å²) in [5.41, 5.74) is 1.96. The number of benzene rings is 1. The van der Waals surface area contributed by atoms with Gasteiger partial charge >= 0.3 is 5.97 Å². The molecule has 0 aromatic heterocycles. The molecule has 0 amide bonds. The lowest BCUT2D eigenvalue weighted by molar-refractivity contribution is -0.136. The van der Waals surface area contributed by atoms with Crippen LogP contribution >= 0.6 is 12.6 Å². The lowest BCUT2D eigenvalue weighted by Gasteiger charge is -2.06. The van der Waals surface area contributed by atoms with Crippen molar-refractivity contribution >= 4 is 18.6 Å². The molecule has 0 aliphatic rings. The maximum atomic E-state index is 10.5. The zero-order chi connectivity index (χ0) is 10.7. The van der Waals surface area contributed by atoms with Gasteiger partial charge in [0.1, 0.15) is 0 Å². The minimum absolute atomic E-state index is 0.0592. The van der Waals surface area contributed by atoms with Gasteiger partial charge in [0, 0.05) is 4.90 Å². The van der Waals surface area contributed by atoms with Crippen molar-refractivity contribution in [2.45, 2.75) is 18.2 Å². The molecular weight excluding hydrogens is 198 g/mol. The Morgan fingerprint density at radius 2 is 2.29 bits per heavy atom. The summed E-state index contributed by atoms with van der Waals surface area (Å²) in [5.74, 6) is -0.895. The highest BCUT2D eigenvalue weighted by molar-refractivity contribution is 7.80. The number of thiol groups is 1. The first kappa shape index (κ1) is 10.6. The van der Waals surface area contributed by atoms with Crippen LogP contribution in [0.25, 0.3) is 0 Å². The predicted molar refractivity (Wildman–Crippen MR) is 54.5 cm³/mol. The van der Waals surface area contributed by atoms with Crippen LogP contribution in [-0.2, 0) is 11.2 Å². The van der Waals surface area contributed by atoms with E-state index in [0.717, 1.165) is 5.56 Å². The van der Waals surface area contributed by atoms with Gasteiger partial charge in [0.2, 0.25) is 0 Å². The second-order valence-electron chi connectivity index (χ2n) is 2.97. The van der Waals surface area contributed by atoms with Gasteiger partial charge in [0.05, 0.1) is 18.1 Å². The van der Waals surface area contributed by atoms with Crippen LogP contribution in [0.2, 0.25) is 0 Å².